The molecule has 0 aliphatic carbocycles. The number of hydrogen-bond donors (Lipinski definition) is 3. The van der Waals surface area contributed by atoms with E-state index in [0.29, 0.717) is 12.1 Å². The summed E-state index contributed by atoms with van der Waals surface area (Å²) in [4.78, 5) is 10.3. The zero-order valence-corrected chi connectivity index (χ0v) is 11.7. The summed E-state index contributed by atoms with van der Waals surface area (Å²) in [7, 11) is 0. The normalized spacial score (nSPS) is 15.1. The van der Waals surface area contributed by atoms with Crippen molar-refractivity contribution in [3.8, 4) is 0 Å². The molecule has 2 atom stereocenters. The summed E-state index contributed by atoms with van der Waals surface area (Å²) in [5.41, 5.74) is -3.67. The molecule has 23 heavy (non-hydrogen) atoms. The highest BCUT2D eigenvalue weighted by atomic mass is 19.4. The zero-order chi connectivity index (χ0) is 18.0. The molecule has 1 aromatic carbocycles. The first-order chi connectivity index (χ1) is 10.3. The van der Waals surface area contributed by atoms with Crippen molar-refractivity contribution >= 4 is 6.09 Å². The number of amides is 1. The van der Waals surface area contributed by atoms with Gasteiger partial charge in [0.1, 0.15) is 0 Å². The van der Waals surface area contributed by atoms with E-state index in [4.69, 9.17) is 5.11 Å². The van der Waals surface area contributed by atoms with E-state index in [2.05, 4.69) is 0 Å². The number of carbonyl (C=O) groups is 1. The number of rotatable bonds is 4. The molecule has 1 rings (SSSR count). The molecular formula is C13H13F6NO3. The number of nitrogens with one attached hydrogen (secondary N) is 1. The predicted molar refractivity (Wildman–Crippen MR) is 66.6 cm³/mol. The first kappa shape index (κ1) is 19.1. The van der Waals surface area contributed by atoms with Crippen molar-refractivity contribution in [2.75, 3.05) is 6.54 Å². The maximum absolute atomic E-state index is 12.7. The molecule has 3 N–H and O–H groups in total. The Morgan fingerprint density at radius 1 is 1.09 bits per heavy atom. The number of halogens is 6. The van der Waals surface area contributed by atoms with Crippen LogP contribution >= 0.6 is 0 Å². The van der Waals surface area contributed by atoms with E-state index in [1.165, 1.54) is 6.92 Å². The molecule has 0 aliphatic rings. The van der Waals surface area contributed by atoms with Gasteiger partial charge in [-0.25, -0.2) is 4.79 Å². The highest BCUT2D eigenvalue weighted by Gasteiger charge is 2.37. The fourth-order valence-corrected chi connectivity index (χ4v) is 1.84. The summed E-state index contributed by atoms with van der Waals surface area (Å²) in [5.74, 6) is -0.935. The minimum absolute atomic E-state index is 0.0453. The second kappa shape index (κ2) is 6.65. The first-order valence-electron chi connectivity index (χ1n) is 6.26. The molecular weight excluding hydrogens is 332 g/mol. The van der Waals surface area contributed by atoms with Gasteiger partial charge in [0, 0.05) is 12.5 Å². The first-order valence-corrected chi connectivity index (χ1v) is 6.26. The van der Waals surface area contributed by atoms with Crippen LogP contribution in [0.3, 0.4) is 0 Å². The molecule has 2 unspecified atom stereocenters. The topological polar surface area (TPSA) is 69.6 Å². The number of alkyl halides is 6. The van der Waals surface area contributed by atoms with Gasteiger partial charge in [0.25, 0.3) is 0 Å². The van der Waals surface area contributed by atoms with E-state index in [1.54, 1.807) is 0 Å². The molecule has 4 nitrogen and oxygen atoms in total. The molecule has 0 aromatic heterocycles. The largest absolute Gasteiger partial charge is 0.465 e. The van der Waals surface area contributed by atoms with E-state index in [0.717, 1.165) is 0 Å². The Kier molecular flexibility index (Phi) is 5.51. The van der Waals surface area contributed by atoms with Gasteiger partial charge >= 0.3 is 18.4 Å². The molecule has 130 valence electrons. The molecule has 0 heterocycles. The minimum atomic E-state index is -5.02. The van der Waals surface area contributed by atoms with Gasteiger partial charge in [0.05, 0.1) is 17.2 Å². The zero-order valence-electron chi connectivity index (χ0n) is 11.7. The molecule has 10 heteroatoms. The summed E-state index contributed by atoms with van der Waals surface area (Å²) in [6, 6.07) is 0.782. The molecule has 1 aromatic rings. The van der Waals surface area contributed by atoms with Crippen LogP contribution in [0.2, 0.25) is 0 Å². The van der Waals surface area contributed by atoms with E-state index in [9.17, 15) is 36.2 Å². The number of carboxylic acid groups (broad SMARTS) is 1. The van der Waals surface area contributed by atoms with E-state index in [1.807, 2.05) is 5.32 Å². The summed E-state index contributed by atoms with van der Waals surface area (Å²) in [6.07, 6.45) is -13.2. The summed E-state index contributed by atoms with van der Waals surface area (Å²) in [6.45, 7) is 0.947. The molecule has 0 saturated heterocycles. The van der Waals surface area contributed by atoms with Crippen molar-refractivity contribution < 1.29 is 41.4 Å². The Bertz CT molecular complexity index is 538. The second-order valence-electron chi connectivity index (χ2n) is 4.95. The van der Waals surface area contributed by atoms with Crippen molar-refractivity contribution in [2.24, 2.45) is 5.92 Å². The average Bonchev–Trinajstić information content (AvgIpc) is 2.41. The van der Waals surface area contributed by atoms with Gasteiger partial charge in [-0.05, 0) is 23.8 Å². The lowest BCUT2D eigenvalue weighted by Crippen LogP contribution is -2.29. The number of benzene rings is 1. The van der Waals surface area contributed by atoms with Crippen LogP contribution in [-0.2, 0) is 12.4 Å². The summed E-state index contributed by atoms with van der Waals surface area (Å²) >= 11 is 0. The van der Waals surface area contributed by atoms with Crippen molar-refractivity contribution in [1.82, 2.24) is 5.32 Å². The second-order valence-corrected chi connectivity index (χ2v) is 4.95. The predicted octanol–water partition coefficient (Wildman–Crippen LogP) is 3.66. The van der Waals surface area contributed by atoms with Gasteiger partial charge in [-0.3, -0.25) is 0 Å². The lowest BCUT2D eigenvalue weighted by atomic mass is 9.94. The number of hydrogen-bond acceptors (Lipinski definition) is 2. The fraction of sp³-hybridized carbons (Fsp3) is 0.462. The summed E-state index contributed by atoms with van der Waals surface area (Å²) < 4.78 is 76.3. The fourth-order valence-electron chi connectivity index (χ4n) is 1.84. The average molecular weight is 345 g/mol. The van der Waals surface area contributed by atoms with Crippen LogP contribution in [0.25, 0.3) is 0 Å². The van der Waals surface area contributed by atoms with E-state index >= 15 is 0 Å². The van der Waals surface area contributed by atoms with Crippen LogP contribution in [0.15, 0.2) is 18.2 Å². The smallest absolute Gasteiger partial charge is 0.416 e. The van der Waals surface area contributed by atoms with Crippen molar-refractivity contribution in [1.29, 1.82) is 0 Å². The quantitative estimate of drug-likeness (QED) is 0.730. The maximum Gasteiger partial charge on any atom is 0.416 e. The monoisotopic (exact) mass is 345 g/mol. The number of aliphatic hydroxyl groups excluding tert-OH is 1. The molecule has 0 aliphatic heterocycles. The maximum atomic E-state index is 12.7. The SMILES string of the molecule is CC(CNC(=O)O)C(O)c1cc(C(F)(F)F)cc(C(F)(F)F)c1. The standard InChI is InChI=1S/C13H13F6NO3/c1-6(5-20-11(22)23)10(21)7-2-8(12(14,15)16)4-9(3-7)13(17,18)19/h2-4,6,10,20-21H,5H2,1H3,(H,22,23). The number of aliphatic hydroxyl groups is 1. The van der Waals surface area contributed by atoms with Gasteiger partial charge in [-0.1, -0.05) is 6.92 Å². The van der Waals surface area contributed by atoms with Crippen LogP contribution in [0, 0.1) is 5.92 Å². The Labute approximate surface area is 126 Å². The van der Waals surface area contributed by atoms with Crippen molar-refractivity contribution in [3.63, 3.8) is 0 Å². The highest BCUT2D eigenvalue weighted by molar-refractivity contribution is 5.64. The lowest BCUT2D eigenvalue weighted by Gasteiger charge is -2.21. The summed E-state index contributed by atoms with van der Waals surface area (Å²) in [5, 5.41) is 20.2. The minimum Gasteiger partial charge on any atom is -0.465 e. The third-order valence-corrected chi connectivity index (χ3v) is 3.07. The van der Waals surface area contributed by atoms with Gasteiger partial charge in [0.2, 0.25) is 0 Å². The molecule has 1 amide bonds. The molecule has 0 bridgehead atoms. The molecule has 0 spiro atoms. The Balaban J connectivity index is 3.21. The Morgan fingerprint density at radius 2 is 1.52 bits per heavy atom. The van der Waals surface area contributed by atoms with Gasteiger partial charge < -0.3 is 15.5 Å². The lowest BCUT2D eigenvalue weighted by molar-refractivity contribution is -0.143. The Morgan fingerprint density at radius 3 is 1.87 bits per heavy atom. The van der Waals surface area contributed by atoms with E-state index in [-0.39, 0.29) is 12.6 Å². The third kappa shape index (κ3) is 5.31. The highest BCUT2D eigenvalue weighted by Crippen LogP contribution is 2.38. The molecule has 0 fully saturated rings. The molecule has 0 saturated carbocycles. The van der Waals surface area contributed by atoms with Gasteiger partial charge in [-0.15, -0.1) is 0 Å². The Hall–Kier alpha value is -1.97. The molecule has 0 radical (unpaired) electrons. The van der Waals surface area contributed by atoms with Crippen LogP contribution < -0.4 is 5.32 Å². The van der Waals surface area contributed by atoms with Gasteiger partial charge in [-0.2, -0.15) is 26.3 Å². The van der Waals surface area contributed by atoms with Crippen LogP contribution in [0.1, 0.15) is 29.7 Å². The van der Waals surface area contributed by atoms with E-state index < -0.39 is 47.2 Å². The van der Waals surface area contributed by atoms with Crippen molar-refractivity contribution in [2.45, 2.75) is 25.4 Å². The van der Waals surface area contributed by atoms with Gasteiger partial charge in [0.15, 0.2) is 0 Å². The third-order valence-electron chi connectivity index (χ3n) is 3.07. The van der Waals surface area contributed by atoms with Crippen LogP contribution in [-0.4, -0.2) is 22.9 Å². The van der Waals surface area contributed by atoms with Crippen molar-refractivity contribution in [3.05, 3.63) is 34.9 Å². The van der Waals surface area contributed by atoms with Crippen LogP contribution in [0.5, 0.6) is 0 Å². The van der Waals surface area contributed by atoms with Crippen LogP contribution in [0.4, 0.5) is 31.1 Å².